The highest BCUT2D eigenvalue weighted by molar-refractivity contribution is 7.31. The fourth-order valence-corrected chi connectivity index (χ4v) is 4.53. The standard InChI is InChI=1S/C28H32N3O5P/c1-18-14-22(36-11-10-35-12-13-37-34)7-6-21(18)5-2-20-15-24-23-8-3-19(4-9-26(32)33)16-25(23)31-28(29)27(24)30-17-20/h3,6-8,14-17,34,37H,2,4-5,9-13H2,1H3,(H2,29,31)(H,32,33). The molecule has 0 amide bonds. The van der Waals surface area contributed by atoms with Crippen LogP contribution in [0.3, 0.4) is 0 Å². The highest BCUT2D eigenvalue weighted by Gasteiger charge is 2.11. The molecule has 194 valence electrons. The Balaban J connectivity index is 1.44. The predicted octanol–water partition coefficient (Wildman–Crippen LogP) is 4.46. The second kappa shape index (κ2) is 12.8. The van der Waals surface area contributed by atoms with Crippen molar-refractivity contribution in [2.75, 3.05) is 31.7 Å². The second-order valence-electron chi connectivity index (χ2n) is 8.94. The number of nitrogens with zero attached hydrogens (tertiary/aromatic N) is 2. The molecular formula is C28H32N3O5P. The third kappa shape index (κ3) is 7.13. The SMILES string of the molecule is Cc1cc(OCCOCCPO)ccc1CCc1cnc2c(N)nc3cc(CCC(=O)O)ccc3c2c1. The first-order valence-corrected chi connectivity index (χ1v) is 13.5. The Kier molecular flexibility index (Phi) is 9.23. The molecule has 0 fully saturated rings. The summed E-state index contributed by atoms with van der Waals surface area (Å²) >= 11 is 0. The van der Waals surface area contributed by atoms with Crippen molar-refractivity contribution in [2.24, 2.45) is 0 Å². The van der Waals surface area contributed by atoms with Crippen LogP contribution in [0.1, 0.15) is 28.7 Å². The number of aliphatic carboxylic acids is 1. The molecule has 0 bridgehead atoms. The number of rotatable bonds is 13. The second-order valence-corrected chi connectivity index (χ2v) is 9.76. The lowest BCUT2D eigenvalue weighted by Gasteiger charge is -2.12. The Bertz CT molecular complexity index is 1400. The van der Waals surface area contributed by atoms with Crippen LogP contribution in [0.25, 0.3) is 21.8 Å². The van der Waals surface area contributed by atoms with E-state index in [9.17, 15) is 4.79 Å². The number of carboxylic acid groups (broad SMARTS) is 1. The number of ether oxygens (including phenoxy) is 2. The van der Waals surface area contributed by atoms with Gasteiger partial charge in [0.25, 0.3) is 0 Å². The molecule has 4 N–H and O–H groups in total. The summed E-state index contributed by atoms with van der Waals surface area (Å²) in [6.45, 7) is 3.61. The first-order chi connectivity index (χ1) is 17.9. The van der Waals surface area contributed by atoms with Gasteiger partial charge in [-0.2, -0.15) is 0 Å². The molecule has 4 aromatic rings. The molecule has 1 unspecified atom stereocenters. The molecule has 4 rings (SSSR count). The van der Waals surface area contributed by atoms with Crippen molar-refractivity contribution < 1.29 is 24.3 Å². The molecule has 0 aliphatic rings. The molecule has 2 aromatic heterocycles. The van der Waals surface area contributed by atoms with Crippen LogP contribution in [0.5, 0.6) is 5.75 Å². The van der Waals surface area contributed by atoms with Gasteiger partial charge in [0.05, 0.1) is 18.7 Å². The van der Waals surface area contributed by atoms with E-state index < -0.39 is 5.97 Å². The van der Waals surface area contributed by atoms with E-state index in [0.717, 1.165) is 46.0 Å². The average Bonchev–Trinajstić information content (AvgIpc) is 2.88. The molecular weight excluding hydrogens is 489 g/mol. The minimum atomic E-state index is -0.822. The summed E-state index contributed by atoms with van der Waals surface area (Å²) in [5, 5.41) is 10.9. The van der Waals surface area contributed by atoms with Crippen LogP contribution >= 0.6 is 8.81 Å². The van der Waals surface area contributed by atoms with E-state index in [4.69, 9.17) is 25.2 Å². The number of anilines is 1. The average molecular weight is 522 g/mol. The Labute approximate surface area is 217 Å². The summed E-state index contributed by atoms with van der Waals surface area (Å²) in [5.41, 5.74) is 12.1. The van der Waals surface area contributed by atoms with Gasteiger partial charge in [0, 0.05) is 38.4 Å². The van der Waals surface area contributed by atoms with Crippen LogP contribution in [0.4, 0.5) is 5.82 Å². The van der Waals surface area contributed by atoms with E-state index >= 15 is 0 Å². The third-order valence-corrected chi connectivity index (χ3v) is 6.69. The van der Waals surface area contributed by atoms with Gasteiger partial charge in [0.2, 0.25) is 0 Å². The number of nitrogens with two attached hydrogens (primary N) is 1. The number of hydrogen-bond acceptors (Lipinski definition) is 7. The van der Waals surface area contributed by atoms with Gasteiger partial charge in [-0.15, -0.1) is 0 Å². The smallest absolute Gasteiger partial charge is 0.303 e. The van der Waals surface area contributed by atoms with Crippen molar-refractivity contribution in [3.63, 3.8) is 0 Å². The van der Waals surface area contributed by atoms with Crippen molar-refractivity contribution in [1.82, 2.24) is 9.97 Å². The van der Waals surface area contributed by atoms with Crippen LogP contribution in [0.15, 0.2) is 48.7 Å². The molecule has 1 atom stereocenters. The Morgan fingerprint density at radius 3 is 2.65 bits per heavy atom. The summed E-state index contributed by atoms with van der Waals surface area (Å²) in [5.74, 6) is 0.367. The minimum Gasteiger partial charge on any atom is -0.491 e. The van der Waals surface area contributed by atoms with Crippen molar-refractivity contribution in [3.05, 3.63) is 70.9 Å². The van der Waals surface area contributed by atoms with Crippen molar-refractivity contribution >= 4 is 42.4 Å². The lowest BCUT2D eigenvalue weighted by molar-refractivity contribution is -0.136. The topological polar surface area (TPSA) is 128 Å². The summed E-state index contributed by atoms with van der Waals surface area (Å²) < 4.78 is 11.2. The number of carboxylic acids is 1. The molecule has 37 heavy (non-hydrogen) atoms. The maximum Gasteiger partial charge on any atom is 0.303 e. The summed E-state index contributed by atoms with van der Waals surface area (Å²) in [7, 11) is -0.0779. The monoisotopic (exact) mass is 521 g/mol. The van der Waals surface area contributed by atoms with Gasteiger partial charge in [-0.25, -0.2) is 4.98 Å². The zero-order chi connectivity index (χ0) is 26.2. The summed E-state index contributed by atoms with van der Waals surface area (Å²) in [4.78, 5) is 28.9. The zero-order valence-corrected chi connectivity index (χ0v) is 21.9. The van der Waals surface area contributed by atoms with Gasteiger partial charge < -0.3 is 25.2 Å². The summed E-state index contributed by atoms with van der Waals surface area (Å²) in [6, 6.07) is 14.1. The lowest BCUT2D eigenvalue weighted by Crippen LogP contribution is -2.08. The van der Waals surface area contributed by atoms with Crippen molar-refractivity contribution in [2.45, 2.75) is 32.6 Å². The van der Waals surface area contributed by atoms with E-state index in [1.54, 1.807) is 0 Å². The van der Waals surface area contributed by atoms with E-state index in [1.165, 1.54) is 11.1 Å². The predicted molar refractivity (Wildman–Crippen MR) is 148 cm³/mol. The van der Waals surface area contributed by atoms with Gasteiger partial charge in [0.15, 0.2) is 5.82 Å². The van der Waals surface area contributed by atoms with Crippen LogP contribution < -0.4 is 10.5 Å². The molecule has 0 saturated carbocycles. The van der Waals surface area contributed by atoms with E-state index in [1.807, 2.05) is 36.5 Å². The molecule has 2 aromatic carbocycles. The third-order valence-electron chi connectivity index (χ3n) is 6.26. The number of benzene rings is 2. The molecule has 0 saturated heterocycles. The highest BCUT2D eigenvalue weighted by Crippen LogP contribution is 2.29. The Morgan fingerprint density at radius 2 is 1.86 bits per heavy atom. The summed E-state index contributed by atoms with van der Waals surface area (Å²) in [6.07, 6.45) is 4.73. The van der Waals surface area contributed by atoms with E-state index in [0.29, 0.717) is 43.7 Å². The lowest BCUT2D eigenvalue weighted by atomic mass is 9.99. The number of carbonyl (C=O) groups is 1. The molecule has 0 aliphatic carbocycles. The van der Waals surface area contributed by atoms with Gasteiger partial charge in [0.1, 0.15) is 17.9 Å². The van der Waals surface area contributed by atoms with Crippen LogP contribution in [0.2, 0.25) is 0 Å². The van der Waals surface area contributed by atoms with Gasteiger partial charge in [-0.1, -0.05) is 18.2 Å². The Morgan fingerprint density at radius 1 is 1.00 bits per heavy atom. The van der Waals surface area contributed by atoms with Gasteiger partial charge in [-0.05, 0) is 72.7 Å². The maximum atomic E-state index is 10.9. The molecule has 8 nitrogen and oxygen atoms in total. The fourth-order valence-electron chi connectivity index (χ4n) is 4.30. The quantitative estimate of drug-likeness (QED) is 0.134. The largest absolute Gasteiger partial charge is 0.491 e. The molecule has 0 radical (unpaired) electrons. The highest BCUT2D eigenvalue weighted by atomic mass is 31.1. The van der Waals surface area contributed by atoms with Crippen LogP contribution in [-0.4, -0.2) is 51.9 Å². The Hall–Kier alpha value is -3.32. The maximum absolute atomic E-state index is 10.9. The van der Waals surface area contributed by atoms with E-state index in [2.05, 4.69) is 29.0 Å². The molecule has 9 heteroatoms. The van der Waals surface area contributed by atoms with Crippen molar-refractivity contribution in [3.8, 4) is 5.75 Å². The van der Waals surface area contributed by atoms with Crippen molar-refractivity contribution in [1.29, 1.82) is 0 Å². The molecule has 0 spiro atoms. The number of aromatic nitrogens is 2. The molecule has 0 aliphatic heterocycles. The molecule has 2 heterocycles. The normalized spacial score (nSPS) is 11.6. The minimum absolute atomic E-state index is 0.0763. The van der Waals surface area contributed by atoms with Crippen LogP contribution in [0, 0.1) is 6.92 Å². The van der Waals surface area contributed by atoms with E-state index in [-0.39, 0.29) is 15.2 Å². The number of aryl methyl sites for hydroxylation is 4. The first-order valence-electron chi connectivity index (χ1n) is 12.3. The van der Waals surface area contributed by atoms with Gasteiger partial charge in [-0.3, -0.25) is 9.78 Å². The number of fused-ring (bicyclic) bond motifs is 3. The zero-order valence-electron chi connectivity index (χ0n) is 20.9. The number of nitrogen functional groups attached to an aromatic ring is 1. The fraction of sp³-hybridized carbons (Fsp3) is 0.321. The number of hydrogen-bond donors (Lipinski definition) is 3. The first kappa shape index (κ1) is 26.7. The van der Waals surface area contributed by atoms with Gasteiger partial charge >= 0.3 is 5.97 Å². The van der Waals surface area contributed by atoms with Crippen LogP contribution in [-0.2, 0) is 28.8 Å². The number of pyridine rings is 2.